The van der Waals surface area contributed by atoms with Crippen LogP contribution in [0.2, 0.25) is 0 Å². The number of benzene rings is 2. The minimum atomic E-state index is -1.14. The molecule has 3 rings (SSSR count). The molecule has 1 N–H and O–H groups in total. The Kier molecular flexibility index (Phi) is 3.97. The van der Waals surface area contributed by atoms with E-state index in [0.717, 1.165) is 31.0 Å². The average molecular weight is 291 g/mol. The van der Waals surface area contributed by atoms with Crippen LogP contribution in [0.3, 0.4) is 0 Å². The Morgan fingerprint density at radius 1 is 0.952 bits per heavy atom. The lowest BCUT2D eigenvalue weighted by Gasteiger charge is -2.21. The molecule has 1 fully saturated rings. The van der Waals surface area contributed by atoms with Crippen LogP contribution in [0, 0.1) is 17.5 Å². The summed E-state index contributed by atoms with van der Waals surface area (Å²) in [5.74, 6) is -2.93. The summed E-state index contributed by atoms with van der Waals surface area (Å²) >= 11 is 0. The highest BCUT2D eigenvalue weighted by atomic mass is 19.2. The van der Waals surface area contributed by atoms with Crippen molar-refractivity contribution < 1.29 is 13.2 Å². The van der Waals surface area contributed by atoms with Crippen molar-refractivity contribution in [3.8, 4) is 0 Å². The molecular formula is C17H16F3N. The van der Waals surface area contributed by atoms with Crippen LogP contribution in [-0.2, 0) is 6.42 Å². The zero-order valence-electron chi connectivity index (χ0n) is 11.5. The van der Waals surface area contributed by atoms with Crippen LogP contribution in [0.1, 0.15) is 23.5 Å². The Morgan fingerprint density at radius 2 is 1.67 bits per heavy atom. The van der Waals surface area contributed by atoms with Crippen LogP contribution in [0.4, 0.5) is 13.2 Å². The van der Waals surface area contributed by atoms with Crippen molar-refractivity contribution in [2.75, 3.05) is 6.54 Å². The van der Waals surface area contributed by atoms with Crippen LogP contribution in [-0.4, -0.2) is 12.6 Å². The molecule has 110 valence electrons. The van der Waals surface area contributed by atoms with E-state index in [4.69, 9.17) is 0 Å². The van der Waals surface area contributed by atoms with Gasteiger partial charge in [-0.3, -0.25) is 0 Å². The summed E-state index contributed by atoms with van der Waals surface area (Å²) in [5, 5.41) is 3.33. The molecule has 2 unspecified atom stereocenters. The number of hydrogen-bond donors (Lipinski definition) is 1. The maximum atomic E-state index is 14.0. The zero-order chi connectivity index (χ0) is 14.8. The molecule has 21 heavy (non-hydrogen) atoms. The normalized spacial score (nSPS) is 21.7. The second kappa shape index (κ2) is 5.90. The van der Waals surface area contributed by atoms with E-state index in [9.17, 15) is 13.2 Å². The summed E-state index contributed by atoms with van der Waals surface area (Å²) in [6.07, 6.45) is 1.46. The molecule has 1 heterocycles. The molecule has 0 saturated carbocycles. The molecule has 0 spiro atoms. The Balaban J connectivity index is 1.86. The van der Waals surface area contributed by atoms with Crippen molar-refractivity contribution in [2.45, 2.75) is 24.8 Å². The van der Waals surface area contributed by atoms with Crippen LogP contribution in [0.15, 0.2) is 42.5 Å². The lowest BCUT2D eigenvalue weighted by molar-refractivity contribution is 0.471. The first-order chi connectivity index (χ1) is 10.1. The van der Waals surface area contributed by atoms with Gasteiger partial charge in [0.1, 0.15) is 5.82 Å². The fourth-order valence-corrected chi connectivity index (χ4v) is 3.04. The number of halogens is 3. The summed E-state index contributed by atoms with van der Waals surface area (Å²) in [7, 11) is 0. The number of hydrogen-bond acceptors (Lipinski definition) is 1. The van der Waals surface area contributed by atoms with Crippen LogP contribution < -0.4 is 5.32 Å². The van der Waals surface area contributed by atoms with E-state index in [0.29, 0.717) is 6.07 Å². The molecule has 2 atom stereocenters. The largest absolute Gasteiger partial charge is 0.313 e. The van der Waals surface area contributed by atoms with Crippen LogP contribution in [0.5, 0.6) is 0 Å². The lowest BCUT2D eigenvalue weighted by atomic mass is 9.88. The standard InChI is InChI=1S/C17H16F3N/c18-14-10-16(20)15(19)9-13(14)12-6-7-21-17(12)8-11-4-2-1-3-5-11/h1-5,9-10,12,17,21H,6-8H2. The van der Waals surface area contributed by atoms with E-state index in [2.05, 4.69) is 5.32 Å². The summed E-state index contributed by atoms with van der Waals surface area (Å²) in [4.78, 5) is 0. The smallest absolute Gasteiger partial charge is 0.161 e. The van der Waals surface area contributed by atoms with Gasteiger partial charge >= 0.3 is 0 Å². The first-order valence-electron chi connectivity index (χ1n) is 7.07. The molecule has 1 nitrogen and oxygen atoms in total. The number of nitrogens with one attached hydrogen (secondary N) is 1. The molecule has 1 aliphatic rings. The minimum Gasteiger partial charge on any atom is -0.313 e. The van der Waals surface area contributed by atoms with Crippen molar-refractivity contribution in [3.05, 3.63) is 71.0 Å². The zero-order valence-corrected chi connectivity index (χ0v) is 11.5. The fraction of sp³-hybridized carbons (Fsp3) is 0.294. The first-order valence-corrected chi connectivity index (χ1v) is 7.07. The second-order valence-corrected chi connectivity index (χ2v) is 5.43. The molecule has 0 aliphatic carbocycles. The Hall–Kier alpha value is -1.81. The van der Waals surface area contributed by atoms with Gasteiger partial charge < -0.3 is 5.32 Å². The predicted octanol–water partition coefficient (Wildman–Crippen LogP) is 3.79. The summed E-state index contributed by atoms with van der Waals surface area (Å²) in [5.41, 5.74) is 1.41. The Morgan fingerprint density at radius 3 is 2.43 bits per heavy atom. The highest BCUT2D eigenvalue weighted by Gasteiger charge is 2.31. The van der Waals surface area contributed by atoms with Gasteiger partial charge in [-0.25, -0.2) is 13.2 Å². The maximum absolute atomic E-state index is 14.0. The van der Waals surface area contributed by atoms with E-state index in [1.165, 1.54) is 0 Å². The van der Waals surface area contributed by atoms with E-state index < -0.39 is 17.5 Å². The summed E-state index contributed by atoms with van der Waals surface area (Å²) in [6, 6.07) is 11.6. The summed E-state index contributed by atoms with van der Waals surface area (Å²) in [6.45, 7) is 0.751. The van der Waals surface area contributed by atoms with Crippen molar-refractivity contribution in [3.63, 3.8) is 0 Å². The Labute approximate surface area is 121 Å². The minimum absolute atomic E-state index is 0.0340. The molecule has 0 aromatic heterocycles. The topological polar surface area (TPSA) is 12.0 Å². The van der Waals surface area contributed by atoms with Gasteiger partial charge in [-0.2, -0.15) is 0 Å². The van der Waals surface area contributed by atoms with E-state index in [1.54, 1.807) is 0 Å². The maximum Gasteiger partial charge on any atom is 0.161 e. The van der Waals surface area contributed by atoms with Gasteiger partial charge in [0.2, 0.25) is 0 Å². The Bertz CT molecular complexity index is 627. The summed E-state index contributed by atoms with van der Waals surface area (Å²) < 4.78 is 40.4. The average Bonchev–Trinajstić information content (AvgIpc) is 2.92. The highest BCUT2D eigenvalue weighted by molar-refractivity contribution is 5.28. The van der Waals surface area contributed by atoms with Crippen molar-refractivity contribution >= 4 is 0 Å². The van der Waals surface area contributed by atoms with Crippen molar-refractivity contribution in [1.29, 1.82) is 0 Å². The third kappa shape index (κ3) is 2.95. The van der Waals surface area contributed by atoms with Crippen LogP contribution >= 0.6 is 0 Å². The second-order valence-electron chi connectivity index (χ2n) is 5.43. The monoisotopic (exact) mass is 291 g/mol. The molecule has 0 radical (unpaired) electrons. The molecule has 2 aromatic carbocycles. The van der Waals surface area contributed by atoms with Crippen molar-refractivity contribution in [2.24, 2.45) is 0 Å². The van der Waals surface area contributed by atoms with Gasteiger partial charge in [0.05, 0.1) is 0 Å². The highest BCUT2D eigenvalue weighted by Crippen LogP contribution is 2.32. The molecule has 2 aromatic rings. The van der Waals surface area contributed by atoms with Crippen LogP contribution in [0.25, 0.3) is 0 Å². The third-order valence-electron chi connectivity index (χ3n) is 4.09. The molecule has 0 amide bonds. The van der Waals surface area contributed by atoms with Gasteiger partial charge in [-0.1, -0.05) is 30.3 Å². The molecule has 1 saturated heterocycles. The molecule has 0 bridgehead atoms. The molecular weight excluding hydrogens is 275 g/mol. The molecule has 1 aliphatic heterocycles. The molecule has 4 heteroatoms. The van der Waals surface area contributed by atoms with Gasteiger partial charge in [0.15, 0.2) is 11.6 Å². The van der Waals surface area contributed by atoms with Gasteiger partial charge in [0, 0.05) is 18.0 Å². The van der Waals surface area contributed by atoms with E-state index in [1.807, 2.05) is 30.3 Å². The third-order valence-corrected chi connectivity index (χ3v) is 4.09. The number of rotatable bonds is 3. The fourth-order valence-electron chi connectivity index (χ4n) is 3.04. The van der Waals surface area contributed by atoms with Crippen molar-refractivity contribution in [1.82, 2.24) is 5.32 Å². The SMILES string of the molecule is Fc1cc(F)c(C2CCNC2Cc2ccccc2)cc1F. The van der Waals surface area contributed by atoms with E-state index >= 15 is 0 Å². The predicted molar refractivity (Wildman–Crippen MR) is 75.6 cm³/mol. The van der Waals surface area contributed by atoms with Gasteiger partial charge in [0.25, 0.3) is 0 Å². The lowest BCUT2D eigenvalue weighted by Crippen LogP contribution is -2.28. The van der Waals surface area contributed by atoms with Gasteiger partial charge in [-0.05, 0) is 36.6 Å². The van der Waals surface area contributed by atoms with Gasteiger partial charge in [-0.15, -0.1) is 0 Å². The van der Waals surface area contributed by atoms with E-state index in [-0.39, 0.29) is 17.5 Å². The first kappa shape index (κ1) is 14.1. The quantitative estimate of drug-likeness (QED) is 0.848.